The molecule has 17 heavy (non-hydrogen) atoms. The predicted octanol–water partition coefficient (Wildman–Crippen LogP) is 4.04. The molecule has 0 saturated heterocycles. The van der Waals surface area contributed by atoms with Gasteiger partial charge in [-0.15, -0.1) is 6.42 Å². The highest BCUT2D eigenvalue weighted by Crippen LogP contribution is 2.20. The summed E-state index contributed by atoms with van der Waals surface area (Å²) < 4.78 is 0. The summed E-state index contributed by atoms with van der Waals surface area (Å²) in [6, 6.07) is 8.34. The molecule has 2 heteroatoms. The summed E-state index contributed by atoms with van der Waals surface area (Å²) >= 11 is 5.89. The van der Waals surface area contributed by atoms with Gasteiger partial charge in [0.2, 0.25) is 0 Å². The van der Waals surface area contributed by atoms with Crippen LogP contribution in [-0.2, 0) is 0 Å². The Hall–Kier alpha value is -0.970. The van der Waals surface area contributed by atoms with Crippen molar-refractivity contribution in [3.63, 3.8) is 0 Å². The standard InChI is InChI=1S/C15H20ClN/c1-5-14(11(3)4)17-15(6-2)12-7-9-13(16)10-8-12/h1,7-11,14-15,17H,6H2,2-4H3. The topological polar surface area (TPSA) is 12.0 Å². The summed E-state index contributed by atoms with van der Waals surface area (Å²) in [5, 5.41) is 4.27. The third kappa shape index (κ3) is 4.07. The largest absolute Gasteiger partial charge is 0.297 e. The Morgan fingerprint density at radius 1 is 1.29 bits per heavy atom. The third-order valence-corrected chi connectivity index (χ3v) is 3.16. The quantitative estimate of drug-likeness (QED) is 0.777. The molecular formula is C15H20ClN. The summed E-state index contributed by atoms with van der Waals surface area (Å²) in [4.78, 5) is 0. The van der Waals surface area contributed by atoms with Gasteiger partial charge in [-0.3, -0.25) is 5.32 Å². The molecule has 0 saturated carbocycles. The van der Waals surface area contributed by atoms with Crippen molar-refractivity contribution in [1.82, 2.24) is 5.32 Å². The number of rotatable bonds is 5. The minimum absolute atomic E-state index is 0.107. The van der Waals surface area contributed by atoms with Gasteiger partial charge >= 0.3 is 0 Å². The molecule has 0 aliphatic rings. The fraction of sp³-hybridized carbons (Fsp3) is 0.467. The Balaban J connectivity index is 2.78. The van der Waals surface area contributed by atoms with Crippen LogP contribution in [0.3, 0.4) is 0 Å². The predicted molar refractivity (Wildman–Crippen MR) is 75.1 cm³/mol. The lowest BCUT2D eigenvalue weighted by Gasteiger charge is -2.24. The molecule has 92 valence electrons. The van der Waals surface area contributed by atoms with Crippen LogP contribution in [0.2, 0.25) is 5.02 Å². The van der Waals surface area contributed by atoms with Crippen LogP contribution in [0, 0.1) is 18.3 Å². The van der Waals surface area contributed by atoms with Crippen molar-refractivity contribution in [1.29, 1.82) is 0 Å². The van der Waals surface area contributed by atoms with E-state index in [1.165, 1.54) is 5.56 Å². The molecule has 2 atom stereocenters. The van der Waals surface area contributed by atoms with Gasteiger partial charge in [-0.05, 0) is 30.0 Å². The number of nitrogens with one attached hydrogen (secondary N) is 1. The number of hydrogen-bond donors (Lipinski definition) is 1. The maximum atomic E-state index is 5.89. The number of terminal acetylenes is 1. The van der Waals surface area contributed by atoms with Crippen LogP contribution in [0.4, 0.5) is 0 Å². The Bertz CT molecular complexity index is 375. The Morgan fingerprint density at radius 2 is 1.88 bits per heavy atom. The summed E-state index contributed by atoms with van der Waals surface area (Å²) in [5.74, 6) is 3.24. The van der Waals surface area contributed by atoms with Crippen LogP contribution in [0.25, 0.3) is 0 Å². The van der Waals surface area contributed by atoms with Crippen molar-refractivity contribution in [2.24, 2.45) is 5.92 Å². The zero-order valence-corrected chi connectivity index (χ0v) is 11.5. The van der Waals surface area contributed by atoms with Crippen LogP contribution in [0.5, 0.6) is 0 Å². The molecule has 0 radical (unpaired) electrons. The zero-order valence-electron chi connectivity index (χ0n) is 10.7. The molecule has 0 bridgehead atoms. The van der Waals surface area contributed by atoms with Gasteiger partial charge in [0.05, 0.1) is 6.04 Å². The highest BCUT2D eigenvalue weighted by Gasteiger charge is 2.16. The molecule has 0 spiro atoms. The molecule has 1 aromatic carbocycles. The lowest BCUT2D eigenvalue weighted by molar-refractivity contribution is 0.408. The fourth-order valence-electron chi connectivity index (χ4n) is 1.79. The van der Waals surface area contributed by atoms with E-state index in [4.69, 9.17) is 18.0 Å². The van der Waals surface area contributed by atoms with Crippen LogP contribution in [0.1, 0.15) is 38.8 Å². The first-order valence-corrected chi connectivity index (χ1v) is 6.44. The molecule has 2 unspecified atom stereocenters. The van der Waals surface area contributed by atoms with Crippen molar-refractivity contribution in [2.45, 2.75) is 39.3 Å². The molecular weight excluding hydrogens is 230 g/mol. The number of hydrogen-bond acceptors (Lipinski definition) is 1. The Labute approximate surface area is 110 Å². The summed E-state index contributed by atoms with van der Waals surface area (Å²) in [5.41, 5.74) is 1.23. The molecule has 0 heterocycles. The molecule has 0 aromatic heterocycles. The van der Waals surface area contributed by atoms with E-state index in [2.05, 4.69) is 44.1 Å². The van der Waals surface area contributed by atoms with E-state index in [0.717, 1.165) is 11.4 Å². The van der Waals surface area contributed by atoms with E-state index < -0.39 is 0 Å². The molecule has 1 aromatic rings. The summed E-state index contributed by atoms with van der Waals surface area (Å²) in [6.07, 6.45) is 6.55. The first-order valence-electron chi connectivity index (χ1n) is 6.06. The van der Waals surface area contributed by atoms with Crippen molar-refractivity contribution >= 4 is 11.6 Å². The van der Waals surface area contributed by atoms with Gasteiger partial charge in [-0.2, -0.15) is 0 Å². The van der Waals surface area contributed by atoms with Gasteiger partial charge in [0.25, 0.3) is 0 Å². The minimum Gasteiger partial charge on any atom is -0.297 e. The van der Waals surface area contributed by atoms with E-state index in [1.807, 2.05) is 12.1 Å². The molecule has 0 amide bonds. The maximum absolute atomic E-state index is 5.89. The van der Waals surface area contributed by atoms with Gasteiger partial charge in [0.1, 0.15) is 0 Å². The Morgan fingerprint density at radius 3 is 2.29 bits per heavy atom. The monoisotopic (exact) mass is 249 g/mol. The minimum atomic E-state index is 0.107. The average molecular weight is 250 g/mol. The van der Waals surface area contributed by atoms with Crippen LogP contribution >= 0.6 is 11.6 Å². The van der Waals surface area contributed by atoms with Crippen LogP contribution < -0.4 is 5.32 Å². The van der Waals surface area contributed by atoms with Gasteiger partial charge in [0, 0.05) is 11.1 Å². The van der Waals surface area contributed by atoms with Crippen molar-refractivity contribution in [3.8, 4) is 12.3 Å². The van der Waals surface area contributed by atoms with Crippen molar-refractivity contribution in [3.05, 3.63) is 34.9 Å². The van der Waals surface area contributed by atoms with E-state index in [-0.39, 0.29) is 12.1 Å². The van der Waals surface area contributed by atoms with E-state index >= 15 is 0 Å². The first-order chi connectivity index (χ1) is 8.08. The van der Waals surface area contributed by atoms with Crippen LogP contribution in [-0.4, -0.2) is 6.04 Å². The first kappa shape index (κ1) is 14.1. The normalized spacial score (nSPS) is 14.4. The van der Waals surface area contributed by atoms with Gasteiger partial charge in [-0.1, -0.05) is 50.4 Å². The van der Waals surface area contributed by atoms with Gasteiger partial charge < -0.3 is 0 Å². The summed E-state index contributed by atoms with van der Waals surface area (Å²) in [6.45, 7) is 6.42. The SMILES string of the molecule is C#CC(NC(CC)c1ccc(Cl)cc1)C(C)C. The molecule has 0 aliphatic carbocycles. The second-order valence-electron chi connectivity index (χ2n) is 4.57. The fourth-order valence-corrected chi connectivity index (χ4v) is 1.92. The number of benzene rings is 1. The maximum Gasteiger partial charge on any atom is 0.0714 e. The Kier molecular flexibility index (Phi) is 5.55. The molecule has 0 aliphatic heterocycles. The lowest BCUT2D eigenvalue weighted by Crippen LogP contribution is -2.35. The zero-order chi connectivity index (χ0) is 12.8. The van der Waals surface area contributed by atoms with E-state index in [9.17, 15) is 0 Å². The number of halogens is 1. The van der Waals surface area contributed by atoms with Crippen molar-refractivity contribution in [2.75, 3.05) is 0 Å². The second kappa shape index (κ2) is 6.69. The highest BCUT2D eigenvalue weighted by atomic mass is 35.5. The highest BCUT2D eigenvalue weighted by molar-refractivity contribution is 6.30. The van der Waals surface area contributed by atoms with E-state index in [1.54, 1.807) is 0 Å². The van der Waals surface area contributed by atoms with Gasteiger partial charge in [-0.25, -0.2) is 0 Å². The lowest BCUT2D eigenvalue weighted by atomic mass is 9.99. The van der Waals surface area contributed by atoms with Crippen LogP contribution in [0.15, 0.2) is 24.3 Å². The molecule has 0 fully saturated rings. The smallest absolute Gasteiger partial charge is 0.0714 e. The van der Waals surface area contributed by atoms with Crippen molar-refractivity contribution < 1.29 is 0 Å². The van der Waals surface area contributed by atoms with E-state index in [0.29, 0.717) is 5.92 Å². The van der Waals surface area contributed by atoms with Gasteiger partial charge in [0.15, 0.2) is 0 Å². The molecule has 1 nitrogen and oxygen atoms in total. The third-order valence-electron chi connectivity index (χ3n) is 2.91. The molecule has 1 rings (SSSR count). The molecule has 1 N–H and O–H groups in total. The second-order valence-corrected chi connectivity index (χ2v) is 5.00. The summed E-state index contributed by atoms with van der Waals surface area (Å²) in [7, 11) is 0. The average Bonchev–Trinajstić information content (AvgIpc) is 2.32.